The first kappa shape index (κ1) is 18.6. The third-order valence-electron chi connectivity index (χ3n) is 4.93. The van der Waals surface area contributed by atoms with Crippen molar-refractivity contribution in [1.82, 2.24) is 10.2 Å². The van der Waals surface area contributed by atoms with Crippen LogP contribution in [-0.4, -0.2) is 29.9 Å². The Morgan fingerprint density at radius 1 is 1.35 bits per heavy atom. The van der Waals surface area contributed by atoms with Crippen LogP contribution in [0.25, 0.3) is 0 Å². The number of benzene rings is 1. The van der Waals surface area contributed by atoms with Gasteiger partial charge in [0, 0.05) is 17.5 Å². The molecule has 3 nitrogen and oxygen atoms in total. The first-order chi connectivity index (χ1) is 10.7. The van der Waals surface area contributed by atoms with Crippen LogP contribution in [0.15, 0.2) is 24.3 Å². The molecule has 0 spiro atoms. The minimum atomic E-state index is 0. The zero-order chi connectivity index (χ0) is 15.5. The molecular weight excluding hydrogens is 331 g/mol. The molecule has 3 rings (SSSR count). The van der Waals surface area contributed by atoms with Crippen LogP contribution in [0.1, 0.15) is 50.6 Å². The molecule has 1 aromatic rings. The Hall–Kier alpha value is -0.770. The molecule has 0 radical (unpaired) electrons. The Balaban J connectivity index is 0.00000192. The minimum Gasteiger partial charge on any atom is -0.333 e. The maximum Gasteiger partial charge on any atom is 0.223 e. The van der Waals surface area contributed by atoms with Gasteiger partial charge in [-0.25, -0.2) is 0 Å². The fourth-order valence-corrected chi connectivity index (χ4v) is 3.76. The van der Waals surface area contributed by atoms with Crippen LogP contribution in [0.4, 0.5) is 0 Å². The summed E-state index contributed by atoms with van der Waals surface area (Å²) in [5, 5.41) is 4.13. The van der Waals surface area contributed by atoms with Gasteiger partial charge in [-0.15, -0.1) is 12.4 Å². The lowest BCUT2D eigenvalue weighted by molar-refractivity contribution is -0.134. The summed E-state index contributed by atoms with van der Waals surface area (Å²) >= 11 is 6.33. The molecule has 1 amide bonds. The summed E-state index contributed by atoms with van der Waals surface area (Å²) in [6.07, 6.45) is 5.13. The molecule has 5 heteroatoms. The molecule has 0 aromatic heterocycles. The van der Waals surface area contributed by atoms with Crippen LogP contribution in [0.2, 0.25) is 5.02 Å². The predicted molar refractivity (Wildman–Crippen MR) is 97.2 cm³/mol. The standard InChI is InChI=1S/C18H25ClN2O.ClH/c1-13(16-4-2-3-5-17(16)19)21(15-7-8-15)18(22)9-6-14-10-11-20-12-14;/h2-5,13-15,20H,6-12H2,1H3;1H. The van der Waals surface area contributed by atoms with Gasteiger partial charge >= 0.3 is 0 Å². The number of nitrogens with zero attached hydrogens (tertiary/aromatic N) is 1. The zero-order valence-electron chi connectivity index (χ0n) is 13.6. The largest absolute Gasteiger partial charge is 0.333 e. The fourth-order valence-electron chi connectivity index (χ4n) is 3.47. The van der Waals surface area contributed by atoms with Crippen molar-refractivity contribution in [3.05, 3.63) is 34.9 Å². The molecule has 2 atom stereocenters. The first-order valence-corrected chi connectivity index (χ1v) is 8.81. The molecule has 2 aliphatic rings. The van der Waals surface area contributed by atoms with Gasteiger partial charge < -0.3 is 10.2 Å². The average molecular weight is 357 g/mol. The molecule has 2 unspecified atom stereocenters. The summed E-state index contributed by atoms with van der Waals surface area (Å²) in [5.41, 5.74) is 1.06. The van der Waals surface area contributed by atoms with Gasteiger partial charge in [-0.2, -0.15) is 0 Å². The Kier molecular flexibility index (Phi) is 6.75. The van der Waals surface area contributed by atoms with Crippen LogP contribution in [0, 0.1) is 5.92 Å². The predicted octanol–water partition coefficient (Wildman–Crippen LogP) is 4.20. The number of hydrogen-bond donors (Lipinski definition) is 1. The van der Waals surface area contributed by atoms with E-state index >= 15 is 0 Å². The zero-order valence-corrected chi connectivity index (χ0v) is 15.2. The van der Waals surface area contributed by atoms with E-state index < -0.39 is 0 Å². The van der Waals surface area contributed by atoms with Crippen molar-refractivity contribution < 1.29 is 4.79 Å². The van der Waals surface area contributed by atoms with Gasteiger partial charge in [0.25, 0.3) is 0 Å². The monoisotopic (exact) mass is 356 g/mol. The van der Waals surface area contributed by atoms with Gasteiger partial charge in [0.1, 0.15) is 0 Å². The lowest BCUT2D eigenvalue weighted by Crippen LogP contribution is -2.35. The van der Waals surface area contributed by atoms with Crippen LogP contribution < -0.4 is 5.32 Å². The molecule has 1 N–H and O–H groups in total. The lowest BCUT2D eigenvalue weighted by atomic mass is 10.0. The third-order valence-corrected chi connectivity index (χ3v) is 5.27. The molecular formula is C18H26Cl2N2O. The van der Waals surface area contributed by atoms with Crippen LogP contribution in [0.5, 0.6) is 0 Å². The highest BCUT2D eigenvalue weighted by Gasteiger charge is 2.36. The van der Waals surface area contributed by atoms with Gasteiger partial charge in [-0.05, 0) is 63.2 Å². The second-order valence-corrected chi connectivity index (χ2v) is 7.03. The first-order valence-electron chi connectivity index (χ1n) is 8.43. The SMILES string of the molecule is CC(c1ccccc1Cl)N(C(=O)CCC1CCNC1)C1CC1.Cl. The summed E-state index contributed by atoms with van der Waals surface area (Å²) in [6, 6.07) is 8.37. The molecule has 1 saturated heterocycles. The van der Waals surface area contributed by atoms with Gasteiger partial charge in [0.05, 0.1) is 6.04 Å². The van der Waals surface area contributed by atoms with E-state index in [4.69, 9.17) is 11.6 Å². The van der Waals surface area contributed by atoms with Crippen molar-refractivity contribution in [2.45, 2.75) is 51.1 Å². The van der Waals surface area contributed by atoms with Crippen molar-refractivity contribution in [3.63, 3.8) is 0 Å². The van der Waals surface area contributed by atoms with Gasteiger partial charge in [-0.1, -0.05) is 29.8 Å². The molecule has 1 aromatic carbocycles. The molecule has 1 heterocycles. The number of hydrogen-bond acceptors (Lipinski definition) is 2. The molecule has 23 heavy (non-hydrogen) atoms. The molecule has 128 valence electrons. The van der Waals surface area contributed by atoms with E-state index in [1.54, 1.807) is 0 Å². The summed E-state index contributed by atoms with van der Waals surface area (Å²) in [4.78, 5) is 14.9. The second-order valence-electron chi connectivity index (χ2n) is 6.63. The van der Waals surface area contributed by atoms with Crippen molar-refractivity contribution in [3.8, 4) is 0 Å². The maximum absolute atomic E-state index is 12.8. The van der Waals surface area contributed by atoms with Crippen LogP contribution >= 0.6 is 24.0 Å². The molecule has 1 saturated carbocycles. The van der Waals surface area contributed by atoms with E-state index in [2.05, 4.69) is 17.1 Å². The summed E-state index contributed by atoms with van der Waals surface area (Å²) in [6.45, 7) is 4.27. The molecule has 0 bridgehead atoms. The summed E-state index contributed by atoms with van der Waals surface area (Å²) in [5.74, 6) is 0.961. The fraction of sp³-hybridized carbons (Fsp3) is 0.611. The second kappa shape index (κ2) is 8.36. The van der Waals surface area contributed by atoms with Crippen molar-refractivity contribution in [2.24, 2.45) is 5.92 Å². The highest BCUT2D eigenvalue weighted by atomic mass is 35.5. The van der Waals surface area contributed by atoms with Crippen molar-refractivity contribution >= 4 is 29.9 Å². The maximum atomic E-state index is 12.8. The van der Waals surface area contributed by atoms with Crippen LogP contribution in [0.3, 0.4) is 0 Å². The Labute approximate surface area is 150 Å². The normalized spacial score (nSPS) is 21.6. The van der Waals surface area contributed by atoms with E-state index in [9.17, 15) is 4.79 Å². The Morgan fingerprint density at radius 2 is 2.09 bits per heavy atom. The number of nitrogens with one attached hydrogen (secondary N) is 1. The molecule has 1 aliphatic heterocycles. The molecule has 1 aliphatic carbocycles. The number of amides is 1. The topological polar surface area (TPSA) is 32.3 Å². The number of carbonyl (C=O) groups is 1. The van der Waals surface area contributed by atoms with E-state index in [-0.39, 0.29) is 18.4 Å². The van der Waals surface area contributed by atoms with Gasteiger partial charge in [0.2, 0.25) is 5.91 Å². The highest BCUT2D eigenvalue weighted by molar-refractivity contribution is 6.31. The quantitative estimate of drug-likeness (QED) is 0.827. The Bertz CT molecular complexity index is 528. The summed E-state index contributed by atoms with van der Waals surface area (Å²) in [7, 11) is 0. The van der Waals surface area contributed by atoms with E-state index in [1.807, 2.05) is 24.3 Å². The number of carbonyl (C=O) groups excluding carboxylic acids is 1. The lowest BCUT2D eigenvalue weighted by Gasteiger charge is -2.30. The van der Waals surface area contributed by atoms with Crippen molar-refractivity contribution in [2.75, 3.05) is 13.1 Å². The number of rotatable bonds is 6. The third kappa shape index (κ3) is 4.62. The van der Waals surface area contributed by atoms with Gasteiger partial charge in [0.15, 0.2) is 0 Å². The average Bonchev–Trinajstić information content (AvgIpc) is 3.20. The Morgan fingerprint density at radius 3 is 2.70 bits per heavy atom. The van der Waals surface area contributed by atoms with E-state index in [1.165, 1.54) is 6.42 Å². The highest BCUT2D eigenvalue weighted by Crippen LogP contribution is 2.37. The van der Waals surface area contributed by atoms with Crippen molar-refractivity contribution in [1.29, 1.82) is 0 Å². The van der Waals surface area contributed by atoms with Gasteiger partial charge in [-0.3, -0.25) is 4.79 Å². The van der Waals surface area contributed by atoms with E-state index in [0.717, 1.165) is 42.9 Å². The van der Waals surface area contributed by atoms with Crippen LogP contribution in [-0.2, 0) is 4.79 Å². The minimum absolute atomic E-state index is 0. The van der Waals surface area contributed by atoms with E-state index in [0.29, 0.717) is 24.3 Å². The summed E-state index contributed by atoms with van der Waals surface area (Å²) < 4.78 is 0. The number of halogens is 2. The molecule has 2 fully saturated rings. The smallest absolute Gasteiger partial charge is 0.223 e.